The Kier molecular flexibility index (Phi) is 6.79. The first kappa shape index (κ1) is 22.8. The molecule has 0 radical (unpaired) electrons. The normalized spacial score (nSPS) is 11.0. The number of amides is 1. The van der Waals surface area contributed by atoms with Crippen LogP contribution in [-0.2, 0) is 21.8 Å². The summed E-state index contributed by atoms with van der Waals surface area (Å²) in [6, 6.07) is 13.1. The number of rotatable bonds is 8. The number of nitrogens with one attached hydrogen (secondary N) is 1. The summed E-state index contributed by atoms with van der Waals surface area (Å²) in [5.74, 6) is -0.560. The average molecular weight is 457 g/mol. The van der Waals surface area contributed by atoms with Gasteiger partial charge in [0.25, 0.3) is 5.91 Å². The van der Waals surface area contributed by atoms with Gasteiger partial charge in [-0.25, -0.2) is 13.2 Å². The van der Waals surface area contributed by atoms with E-state index >= 15 is 0 Å². The van der Waals surface area contributed by atoms with Gasteiger partial charge in [0.1, 0.15) is 21.5 Å². The highest BCUT2D eigenvalue weighted by Crippen LogP contribution is 2.29. The number of carbonyl (C=O) groups is 2. The third-order valence-electron chi connectivity index (χ3n) is 4.31. The maximum Gasteiger partial charge on any atom is 0.356 e. The van der Waals surface area contributed by atoms with E-state index in [1.807, 2.05) is 0 Å². The molecule has 0 bridgehead atoms. The van der Waals surface area contributed by atoms with Crippen molar-refractivity contribution in [1.29, 1.82) is 0 Å². The second-order valence-corrected chi connectivity index (χ2v) is 8.11. The summed E-state index contributed by atoms with van der Waals surface area (Å²) in [6.45, 7) is 1.88. The molecule has 1 aromatic heterocycles. The number of nitrogens with zero attached hydrogens (tertiary/aromatic N) is 3. The molecule has 0 atom stereocenters. The lowest BCUT2D eigenvalue weighted by Gasteiger charge is -2.22. The summed E-state index contributed by atoms with van der Waals surface area (Å²) in [7, 11) is -0.910. The molecule has 3 rings (SSSR count). The largest absolute Gasteiger partial charge is 0.573 e. The van der Waals surface area contributed by atoms with Crippen molar-refractivity contribution in [2.75, 3.05) is 19.0 Å². The first-order chi connectivity index (χ1) is 15.2. The van der Waals surface area contributed by atoms with Crippen LogP contribution in [-0.4, -0.2) is 43.8 Å². The number of anilines is 1. The monoisotopic (exact) mass is 457 g/mol. The van der Waals surface area contributed by atoms with Crippen LogP contribution in [0.15, 0.2) is 59.5 Å². The summed E-state index contributed by atoms with van der Waals surface area (Å²) in [5, 5.41) is 6.61. The summed E-state index contributed by atoms with van der Waals surface area (Å²) >= 11 is 0. The van der Waals surface area contributed by atoms with Crippen molar-refractivity contribution in [2.24, 2.45) is 7.05 Å². The van der Waals surface area contributed by atoms with Crippen molar-refractivity contribution in [3.8, 4) is 5.75 Å². The van der Waals surface area contributed by atoms with Gasteiger partial charge >= 0.3 is 5.97 Å². The third-order valence-corrected chi connectivity index (χ3v) is 5.62. The predicted octanol–water partition coefficient (Wildman–Crippen LogP) is 3.25. The minimum Gasteiger partial charge on any atom is -0.573 e. The van der Waals surface area contributed by atoms with E-state index in [1.54, 1.807) is 19.1 Å². The zero-order chi connectivity index (χ0) is 23.3. The van der Waals surface area contributed by atoms with E-state index in [9.17, 15) is 18.0 Å². The molecule has 0 spiro atoms. The van der Waals surface area contributed by atoms with Gasteiger partial charge in [-0.15, -0.1) is 5.69 Å². The van der Waals surface area contributed by atoms with E-state index in [0.29, 0.717) is 11.4 Å². The average Bonchev–Trinajstić information content (AvgIpc) is 3.16. The summed E-state index contributed by atoms with van der Waals surface area (Å²) in [4.78, 5) is 24.3. The lowest BCUT2D eigenvalue weighted by atomic mass is 10.3. The smallest absolute Gasteiger partial charge is 0.356 e. The molecule has 1 N–H and O–H groups in total. The van der Waals surface area contributed by atoms with E-state index in [4.69, 9.17) is 9.47 Å². The Balaban J connectivity index is 1.69. The van der Waals surface area contributed by atoms with Crippen LogP contribution in [0.4, 0.5) is 11.4 Å². The molecule has 1 amide bonds. The van der Waals surface area contributed by atoms with Crippen LogP contribution in [0.5, 0.6) is 5.75 Å². The number of esters is 1. The number of hydrogen-bond acceptors (Lipinski definition) is 7. The molecule has 32 heavy (non-hydrogen) atoms. The molecular formula is C21H21N4O6S-. The molecular weight excluding hydrogens is 436 g/mol. The van der Waals surface area contributed by atoms with Gasteiger partial charge in [-0.1, -0.05) is 12.1 Å². The quantitative estimate of drug-likeness (QED) is 0.514. The third kappa shape index (κ3) is 5.24. The summed E-state index contributed by atoms with van der Waals surface area (Å²) in [5.41, 5.74) is 0.762. The molecule has 0 aliphatic heterocycles. The number of carbonyl (C=O) groups excluding carboxylic acids is 2. The summed E-state index contributed by atoms with van der Waals surface area (Å²) in [6.07, 6.45) is 0. The van der Waals surface area contributed by atoms with Crippen molar-refractivity contribution in [3.63, 3.8) is 0 Å². The van der Waals surface area contributed by atoms with Gasteiger partial charge in [0, 0.05) is 18.8 Å². The maximum atomic E-state index is 12.5. The van der Waals surface area contributed by atoms with Gasteiger partial charge in [-0.05, 0) is 43.3 Å². The fraction of sp³-hybridized carbons (Fsp3) is 0.190. The standard InChI is InChI=1S/C21H21N4O6S/c1-4-31-21(27)19-13-18(23-25(19)2)20(26)22-14-7-11-17(12-8-14)32(28,29)24-15-5-9-16(30-3)10-6-15/h5-13H,4H2,1-3H3,(H,22,26)/q-1. The number of aryl methyl sites for hydroxylation is 1. The van der Waals surface area contributed by atoms with E-state index in [-0.39, 0.29) is 28.6 Å². The number of hydrogen-bond donors (Lipinski definition) is 1. The Hall–Kier alpha value is -3.86. The van der Waals surface area contributed by atoms with E-state index in [2.05, 4.69) is 15.1 Å². The molecule has 0 unspecified atom stereocenters. The predicted molar refractivity (Wildman–Crippen MR) is 117 cm³/mol. The highest BCUT2D eigenvalue weighted by molar-refractivity contribution is 7.94. The van der Waals surface area contributed by atoms with Crippen LogP contribution in [0.25, 0.3) is 4.72 Å². The van der Waals surface area contributed by atoms with Crippen molar-refractivity contribution >= 4 is 33.3 Å². The minimum atomic E-state index is -3.94. The number of benzene rings is 2. The second kappa shape index (κ2) is 9.52. The zero-order valence-electron chi connectivity index (χ0n) is 17.6. The van der Waals surface area contributed by atoms with E-state index in [0.717, 1.165) is 0 Å². The molecule has 0 fully saturated rings. The Labute approximate surface area is 185 Å². The molecule has 0 saturated heterocycles. The summed E-state index contributed by atoms with van der Waals surface area (Å²) < 4.78 is 40.1. The molecule has 3 aromatic rings. The van der Waals surface area contributed by atoms with Crippen molar-refractivity contribution in [3.05, 3.63) is 70.7 Å². The first-order valence-electron chi connectivity index (χ1n) is 9.48. The number of sulfonamides is 1. The van der Waals surface area contributed by atoms with Crippen LogP contribution in [0.3, 0.4) is 0 Å². The molecule has 0 saturated carbocycles. The first-order valence-corrected chi connectivity index (χ1v) is 10.9. The van der Waals surface area contributed by atoms with E-state index < -0.39 is 21.9 Å². The van der Waals surface area contributed by atoms with Crippen molar-refractivity contribution in [2.45, 2.75) is 11.8 Å². The van der Waals surface area contributed by atoms with Crippen LogP contribution < -0.4 is 10.1 Å². The Morgan fingerprint density at radius 1 is 1.09 bits per heavy atom. The molecule has 10 nitrogen and oxygen atoms in total. The van der Waals surface area contributed by atoms with Crippen LogP contribution in [0, 0.1) is 0 Å². The fourth-order valence-corrected chi connectivity index (χ4v) is 3.70. The number of aromatic nitrogens is 2. The SMILES string of the molecule is CCOC(=O)c1cc(C(=O)Nc2ccc(S(=O)(=O)[N-]c3ccc(OC)cc3)cc2)nn1C. The van der Waals surface area contributed by atoms with Gasteiger partial charge < -0.3 is 19.5 Å². The Morgan fingerprint density at radius 2 is 1.75 bits per heavy atom. The molecule has 0 aliphatic carbocycles. The van der Waals surface area contributed by atoms with E-state index in [1.165, 1.54) is 61.3 Å². The number of methoxy groups -OCH3 is 1. The zero-order valence-corrected chi connectivity index (χ0v) is 18.4. The second-order valence-electron chi connectivity index (χ2n) is 6.50. The highest BCUT2D eigenvalue weighted by Gasteiger charge is 2.18. The van der Waals surface area contributed by atoms with Crippen molar-refractivity contribution in [1.82, 2.24) is 9.78 Å². The van der Waals surface area contributed by atoms with Gasteiger partial charge in [0.2, 0.25) is 0 Å². The van der Waals surface area contributed by atoms with Gasteiger partial charge in [0.15, 0.2) is 5.69 Å². The van der Waals surface area contributed by atoms with Crippen LogP contribution in [0.2, 0.25) is 0 Å². The molecule has 2 aromatic carbocycles. The number of ether oxygens (including phenoxy) is 2. The minimum absolute atomic E-state index is 0.0155. The van der Waals surface area contributed by atoms with Gasteiger partial charge in [0.05, 0.1) is 18.6 Å². The lowest BCUT2D eigenvalue weighted by molar-refractivity contribution is 0.0513. The Morgan fingerprint density at radius 3 is 2.34 bits per heavy atom. The van der Waals surface area contributed by atoms with Crippen LogP contribution >= 0.6 is 0 Å². The Bertz CT molecular complexity index is 1220. The van der Waals surface area contributed by atoms with Crippen molar-refractivity contribution < 1.29 is 27.5 Å². The highest BCUT2D eigenvalue weighted by atomic mass is 32.2. The molecule has 11 heteroatoms. The fourth-order valence-electron chi connectivity index (χ4n) is 2.71. The molecule has 0 aliphatic rings. The lowest BCUT2D eigenvalue weighted by Crippen LogP contribution is -2.13. The maximum absolute atomic E-state index is 12.5. The topological polar surface area (TPSA) is 131 Å². The molecule has 168 valence electrons. The van der Waals surface area contributed by atoms with Crippen LogP contribution in [0.1, 0.15) is 27.9 Å². The van der Waals surface area contributed by atoms with Gasteiger partial charge in [-0.2, -0.15) is 5.10 Å². The van der Waals surface area contributed by atoms with Gasteiger partial charge in [-0.3, -0.25) is 9.48 Å². The molecule has 1 heterocycles.